The molecule has 3 aliphatic rings. The van der Waals surface area contributed by atoms with Crippen LogP contribution in [0.1, 0.15) is 11.3 Å². The average molecular weight is 365 g/mol. The lowest BCUT2D eigenvalue weighted by molar-refractivity contribution is -0.128. The van der Waals surface area contributed by atoms with E-state index >= 15 is 0 Å². The first-order valence-electron chi connectivity index (χ1n) is 8.96. The summed E-state index contributed by atoms with van der Waals surface area (Å²) < 4.78 is 11.2. The van der Waals surface area contributed by atoms with E-state index in [1.807, 2.05) is 43.3 Å². The molecule has 0 radical (unpaired) electrons. The first-order chi connectivity index (χ1) is 13.0. The van der Waals surface area contributed by atoms with Crippen molar-refractivity contribution in [3.8, 4) is 0 Å². The van der Waals surface area contributed by atoms with E-state index < -0.39 is 17.4 Å². The molecule has 2 bridgehead atoms. The summed E-state index contributed by atoms with van der Waals surface area (Å²) >= 11 is 0. The topological polar surface area (TPSA) is 84.7 Å². The first kappa shape index (κ1) is 16.3. The standard InChI is InChI=1S/C20H19N3O4/c1-11-3-5-13(6-4-11)21-18(24)16-14-7-8-20(26-14)10-23(19(25)17(16)20)15-9-12(2)27-22-15/h3-9,14,16-17H,10H2,1-2H3,(H,21,24)/t14-,16?,17?,20?/m1/s1. The molecule has 1 aromatic heterocycles. The van der Waals surface area contributed by atoms with Crippen molar-refractivity contribution in [1.29, 1.82) is 0 Å². The number of nitrogens with zero attached hydrogens (tertiary/aromatic N) is 2. The van der Waals surface area contributed by atoms with Crippen molar-refractivity contribution >= 4 is 23.3 Å². The number of carbonyl (C=O) groups excluding carboxylic acids is 2. The third kappa shape index (κ3) is 2.35. The van der Waals surface area contributed by atoms with Gasteiger partial charge in [0.25, 0.3) is 0 Å². The predicted octanol–water partition coefficient (Wildman–Crippen LogP) is 2.22. The molecular weight excluding hydrogens is 346 g/mol. The number of ether oxygens (including phenoxy) is 1. The number of rotatable bonds is 3. The number of fused-ring (bicyclic) bond motifs is 1. The minimum Gasteiger partial charge on any atom is -0.360 e. The molecule has 3 aliphatic heterocycles. The third-order valence-corrected chi connectivity index (χ3v) is 5.61. The lowest BCUT2D eigenvalue weighted by Gasteiger charge is -2.23. The third-order valence-electron chi connectivity index (χ3n) is 5.61. The van der Waals surface area contributed by atoms with Gasteiger partial charge in [0, 0.05) is 11.8 Å². The second kappa shape index (κ2) is 5.53. The number of amides is 2. The van der Waals surface area contributed by atoms with E-state index in [4.69, 9.17) is 9.26 Å². The molecule has 27 heavy (non-hydrogen) atoms. The van der Waals surface area contributed by atoms with Crippen molar-refractivity contribution in [3.63, 3.8) is 0 Å². The van der Waals surface area contributed by atoms with E-state index in [0.717, 1.165) is 5.56 Å². The first-order valence-corrected chi connectivity index (χ1v) is 8.96. The summed E-state index contributed by atoms with van der Waals surface area (Å²) in [5, 5.41) is 6.88. The van der Waals surface area contributed by atoms with Crippen molar-refractivity contribution in [1.82, 2.24) is 5.16 Å². The van der Waals surface area contributed by atoms with Crippen LogP contribution in [0.25, 0.3) is 0 Å². The Balaban J connectivity index is 1.43. The lowest BCUT2D eigenvalue weighted by Crippen LogP contribution is -2.41. The number of hydrogen-bond acceptors (Lipinski definition) is 5. The fraction of sp³-hybridized carbons (Fsp3) is 0.350. The van der Waals surface area contributed by atoms with E-state index in [1.165, 1.54) is 0 Å². The van der Waals surface area contributed by atoms with E-state index in [-0.39, 0.29) is 17.9 Å². The van der Waals surface area contributed by atoms with Crippen LogP contribution in [0, 0.1) is 25.7 Å². The van der Waals surface area contributed by atoms with Gasteiger partial charge in [0.2, 0.25) is 11.8 Å². The fourth-order valence-electron chi connectivity index (χ4n) is 4.33. The molecule has 3 unspecified atom stereocenters. The Labute approximate surface area is 156 Å². The number of carbonyl (C=O) groups is 2. The molecular formula is C20H19N3O4. The lowest BCUT2D eigenvalue weighted by atomic mass is 9.77. The smallest absolute Gasteiger partial charge is 0.235 e. The Hall–Kier alpha value is -2.93. The van der Waals surface area contributed by atoms with E-state index in [0.29, 0.717) is 23.8 Å². The van der Waals surface area contributed by atoms with Gasteiger partial charge in [0.1, 0.15) is 11.4 Å². The van der Waals surface area contributed by atoms with E-state index in [1.54, 1.807) is 17.9 Å². The number of benzene rings is 1. The van der Waals surface area contributed by atoms with Crippen LogP contribution in [-0.4, -0.2) is 35.2 Å². The summed E-state index contributed by atoms with van der Waals surface area (Å²) in [4.78, 5) is 27.7. The zero-order valence-corrected chi connectivity index (χ0v) is 15.0. The van der Waals surface area contributed by atoms with Gasteiger partial charge in [-0.15, -0.1) is 0 Å². The van der Waals surface area contributed by atoms with Crippen LogP contribution in [-0.2, 0) is 14.3 Å². The normalized spacial score (nSPS) is 30.8. The number of hydrogen-bond donors (Lipinski definition) is 1. The summed E-state index contributed by atoms with van der Waals surface area (Å²) in [6.07, 6.45) is 3.43. The Bertz CT molecular complexity index is 964. The van der Waals surface area contributed by atoms with Crippen LogP contribution in [0.2, 0.25) is 0 Å². The Morgan fingerprint density at radius 1 is 1.30 bits per heavy atom. The number of nitrogens with one attached hydrogen (secondary N) is 1. The molecule has 2 amide bonds. The van der Waals surface area contributed by atoms with Crippen LogP contribution in [0.15, 0.2) is 47.0 Å². The molecule has 4 atom stereocenters. The van der Waals surface area contributed by atoms with Crippen molar-refractivity contribution < 1.29 is 18.8 Å². The van der Waals surface area contributed by atoms with Gasteiger partial charge >= 0.3 is 0 Å². The van der Waals surface area contributed by atoms with Gasteiger partial charge in [-0.1, -0.05) is 35.0 Å². The summed E-state index contributed by atoms with van der Waals surface area (Å²) in [5.41, 5.74) is 1.05. The Morgan fingerprint density at radius 3 is 2.78 bits per heavy atom. The van der Waals surface area contributed by atoms with Crippen molar-refractivity contribution in [2.45, 2.75) is 25.6 Å². The number of anilines is 2. The molecule has 2 aromatic rings. The highest BCUT2D eigenvalue weighted by atomic mass is 16.5. The maximum Gasteiger partial charge on any atom is 0.235 e. The molecule has 1 aromatic carbocycles. The van der Waals surface area contributed by atoms with E-state index in [9.17, 15) is 9.59 Å². The van der Waals surface area contributed by atoms with Gasteiger partial charge in [-0.2, -0.15) is 0 Å². The molecule has 7 nitrogen and oxygen atoms in total. The zero-order chi connectivity index (χ0) is 18.8. The highest BCUT2D eigenvalue weighted by Crippen LogP contribution is 2.52. The van der Waals surface area contributed by atoms with Gasteiger partial charge in [0.05, 0.1) is 24.5 Å². The van der Waals surface area contributed by atoms with Crippen LogP contribution in [0.5, 0.6) is 0 Å². The maximum atomic E-state index is 13.1. The molecule has 2 fully saturated rings. The highest BCUT2D eigenvalue weighted by Gasteiger charge is 2.67. The SMILES string of the molecule is Cc1ccc(NC(=O)C2C3C(=O)N(c4cc(C)on4)CC34C=C[C@H]2O4)cc1. The number of aromatic nitrogens is 1. The van der Waals surface area contributed by atoms with Crippen LogP contribution >= 0.6 is 0 Å². The minimum absolute atomic E-state index is 0.154. The van der Waals surface area contributed by atoms with Gasteiger partial charge in [-0.05, 0) is 26.0 Å². The predicted molar refractivity (Wildman–Crippen MR) is 97.1 cm³/mol. The molecule has 138 valence electrons. The van der Waals surface area contributed by atoms with Gasteiger partial charge in [-0.25, -0.2) is 0 Å². The van der Waals surface area contributed by atoms with Crippen molar-refractivity contribution in [2.75, 3.05) is 16.8 Å². The quantitative estimate of drug-likeness (QED) is 0.843. The Morgan fingerprint density at radius 2 is 2.07 bits per heavy atom. The summed E-state index contributed by atoms with van der Waals surface area (Å²) in [6.45, 7) is 4.10. The van der Waals surface area contributed by atoms with Crippen molar-refractivity contribution in [3.05, 3.63) is 53.8 Å². The molecule has 1 spiro atoms. The molecule has 4 heterocycles. The molecule has 2 saturated heterocycles. The van der Waals surface area contributed by atoms with Gasteiger partial charge in [-0.3, -0.25) is 14.5 Å². The summed E-state index contributed by atoms with van der Waals surface area (Å²) in [7, 11) is 0. The summed E-state index contributed by atoms with van der Waals surface area (Å²) in [6, 6.07) is 9.29. The molecule has 5 rings (SSSR count). The second-order valence-corrected chi connectivity index (χ2v) is 7.48. The monoisotopic (exact) mass is 365 g/mol. The second-order valence-electron chi connectivity index (χ2n) is 7.48. The van der Waals surface area contributed by atoms with E-state index in [2.05, 4.69) is 10.5 Å². The molecule has 0 aliphatic carbocycles. The minimum atomic E-state index is -0.774. The average Bonchev–Trinajstić information content (AvgIpc) is 3.38. The molecule has 0 saturated carbocycles. The zero-order valence-electron chi connectivity index (χ0n) is 15.0. The molecule has 7 heteroatoms. The Kier molecular flexibility index (Phi) is 3.33. The van der Waals surface area contributed by atoms with Crippen molar-refractivity contribution in [2.24, 2.45) is 11.8 Å². The van der Waals surface area contributed by atoms with Crippen LogP contribution < -0.4 is 10.2 Å². The molecule has 1 N–H and O–H groups in total. The summed E-state index contributed by atoms with van der Waals surface area (Å²) in [5.74, 6) is -0.399. The van der Waals surface area contributed by atoms with Crippen LogP contribution in [0.3, 0.4) is 0 Å². The maximum absolute atomic E-state index is 13.1. The highest BCUT2D eigenvalue weighted by molar-refractivity contribution is 6.05. The fourth-order valence-corrected chi connectivity index (χ4v) is 4.33. The number of aryl methyl sites for hydroxylation is 2. The largest absolute Gasteiger partial charge is 0.360 e. The van der Waals surface area contributed by atoms with Gasteiger partial charge in [0.15, 0.2) is 5.82 Å². The van der Waals surface area contributed by atoms with Crippen LogP contribution in [0.4, 0.5) is 11.5 Å². The van der Waals surface area contributed by atoms with Gasteiger partial charge < -0.3 is 14.6 Å².